The Morgan fingerprint density at radius 2 is 2.00 bits per heavy atom. The maximum Gasteiger partial charge on any atom is 0.254 e. The number of nitrogens with one attached hydrogen (secondary N) is 1. The van der Waals surface area contributed by atoms with Crippen LogP contribution in [0, 0.1) is 0 Å². The predicted octanol–water partition coefficient (Wildman–Crippen LogP) is 1.64. The SMILES string of the molecule is COCCOCC(=O)Nc1ccc(C(=O)N(C)C)c(Cl)c1. The normalized spacial score (nSPS) is 10.3. The number of hydrogen-bond acceptors (Lipinski definition) is 4. The summed E-state index contributed by atoms with van der Waals surface area (Å²) >= 11 is 6.05. The van der Waals surface area contributed by atoms with Crippen molar-refractivity contribution in [2.24, 2.45) is 0 Å². The third-order valence-corrected chi connectivity index (χ3v) is 2.87. The number of hydrogen-bond donors (Lipinski definition) is 1. The molecule has 0 heterocycles. The van der Waals surface area contributed by atoms with Crippen molar-refractivity contribution in [3.63, 3.8) is 0 Å². The highest BCUT2D eigenvalue weighted by Gasteiger charge is 2.13. The molecule has 1 aromatic carbocycles. The van der Waals surface area contributed by atoms with Crippen molar-refractivity contribution in [3.05, 3.63) is 28.8 Å². The van der Waals surface area contributed by atoms with Crippen LogP contribution in [0.15, 0.2) is 18.2 Å². The molecular formula is C14H19ClN2O4. The van der Waals surface area contributed by atoms with Gasteiger partial charge in [0.05, 0.1) is 23.8 Å². The summed E-state index contributed by atoms with van der Waals surface area (Å²) < 4.78 is 9.90. The van der Waals surface area contributed by atoms with E-state index in [1.54, 1.807) is 33.3 Å². The van der Waals surface area contributed by atoms with Gasteiger partial charge in [0.15, 0.2) is 0 Å². The molecule has 2 amide bonds. The van der Waals surface area contributed by atoms with Gasteiger partial charge in [-0.1, -0.05) is 11.6 Å². The number of benzene rings is 1. The molecule has 0 aromatic heterocycles. The maximum atomic E-state index is 11.8. The van der Waals surface area contributed by atoms with Gasteiger partial charge in [0.1, 0.15) is 6.61 Å². The summed E-state index contributed by atoms with van der Waals surface area (Å²) in [6.07, 6.45) is 0. The Kier molecular flexibility index (Phi) is 7.14. The number of methoxy groups -OCH3 is 1. The lowest BCUT2D eigenvalue weighted by atomic mass is 10.2. The molecule has 0 saturated heterocycles. The summed E-state index contributed by atoms with van der Waals surface area (Å²) in [5.74, 6) is -0.491. The number of anilines is 1. The molecule has 1 aromatic rings. The summed E-state index contributed by atoms with van der Waals surface area (Å²) in [5.41, 5.74) is 0.895. The second-order valence-corrected chi connectivity index (χ2v) is 4.89. The molecule has 0 bridgehead atoms. The Bertz CT molecular complexity index is 506. The average Bonchev–Trinajstić information content (AvgIpc) is 2.43. The van der Waals surface area contributed by atoms with Crippen LogP contribution in [0.1, 0.15) is 10.4 Å². The Morgan fingerprint density at radius 1 is 1.29 bits per heavy atom. The second kappa shape index (κ2) is 8.61. The molecule has 0 saturated carbocycles. The van der Waals surface area contributed by atoms with Crippen molar-refractivity contribution in [2.45, 2.75) is 0 Å². The van der Waals surface area contributed by atoms with Crippen LogP contribution in [0.2, 0.25) is 5.02 Å². The van der Waals surface area contributed by atoms with Crippen LogP contribution in [-0.2, 0) is 14.3 Å². The third-order valence-electron chi connectivity index (χ3n) is 2.55. The van der Waals surface area contributed by atoms with Crippen LogP contribution in [0.25, 0.3) is 0 Å². The number of nitrogens with zero attached hydrogens (tertiary/aromatic N) is 1. The first-order valence-corrected chi connectivity index (χ1v) is 6.71. The molecular weight excluding hydrogens is 296 g/mol. The number of carbonyl (C=O) groups excluding carboxylic acids is 2. The smallest absolute Gasteiger partial charge is 0.254 e. The Labute approximate surface area is 129 Å². The fraction of sp³-hybridized carbons (Fsp3) is 0.429. The number of amides is 2. The summed E-state index contributed by atoms with van der Waals surface area (Å²) in [7, 11) is 4.85. The van der Waals surface area contributed by atoms with E-state index < -0.39 is 0 Å². The molecule has 0 radical (unpaired) electrons. The lowest BCUT2D eigenvalue weighted by Gasteiger charge is -2.12. The lowest BCUT2D eigenvalue weighted by molar-refractivity contribution is -0.121. The number of halogens is 1. The fourth-order valence-corrected chi connectivity index (χ4v) is 1.77. The van der Waals surface area contributed by atoms with E-state index in [1.165, 1.54) is 11.0 Å². The van der Waals surface area contributed by atoms with Crippen LogP contribution in [0.5, 0.6) is 0 Å². The minimum atomic E-state index is -0.297. The summed E-state index contributed by atoms with van der Waals surface area (Å²) in [4.78, 5) is 24.9. The van der Waals surface area contributed by atoms with Crippen molar-refractivity contribution >= 4 is 29.1 Å². The standard InChI is InChI=1S/C14H19ClN2O4/c1-17(2)14(19)11-5-4-10(8-12(11)15)16-13(18)9-21-7-6-20-3/h4-5,8H,6-7,9H2,1-3H3,(H,16,18). The molecule has 0 unspecified atom stereocenters. The van der Waals surface area contributed by atoms with E-state index in [2.05, 4.69) is 5.32 Å². The van der Waals surface area contributed by atoms with Crippen molar-refractivity contribution < 1.29 is 19.1 Å². The molecule has 0 aliphatic carbocycles. The molecule has 0 spiro atoms. The molecule has 0 fully saturated rings. The predicted molar refractivity (Wildman–Crippen MR) is 80.8 cm³/mol. The van der Waals surface area contributed by atoms with E-state index in [0.717, 1.165) is 0 Å². The Balaban J connectivity index is 2.59. The summed E-state index contributed by atoms with van der Waals surface area (Å²) in [6, 6.07) is 4.73. The van der Waals surface area contributed by atoms with E-state index in [0.29, 0.717) is 24.5 Å². The molecule has 1 N–H and O–H groups in total. The van der Waals surface area contributed by atoms with Crippen molar-refractivity contribution in [2.75, 3.05) is 46.3 Å². The average molecular weight is 315 g/mol. The van der Waals surface area contributed by atoms with E-state index in [-0.39, 0.29) is 23.4 Å². The molecule has 7 heteroatoms. The van der Waals surface area contributed by atoms with Gasteiger partial charge >= 0.3 is 0 Å². The molecule has 6 nitrogen and oxygen atoms in total. The van der Waals surface area contributed by atoms with Crippen molar-refractivity contribution in [3.8, 4) is 0 Å². The largest absolute Gasteiger partial charge is 0.382 e. The fourth-order valence-electron chi connectivity index (χ4n) is 1.51. The minimum absolute atomic E-state index is 0.0701. The zero-order valence-corrected chi connectivity index (χ0v) is 13.1. The van der Waals surface area contributed by atoms with Crippen LogP contribution < -0.4 is 5.32 Å². The van der Waals surface area contributed by atoms with Gasteiger partial charge in [0.25, 0.3) is 5.91 Å². The van der Waals surface area contributed by atoms with Gasteiger partial charge in [-0.3, -0.25) is 9.59 Å². The highest BCUT2D eigenvalue weighted by atomic mass is 35.5. The van der Waals surface area contributed by atoms with E-state index in [4.69, 9.17) is 21.1 Å². The summed E-state index contributed by atoms with van der Waals surface area (Å²) in [6.45, 7) is 0.709. The third kappa shape index (κ3) is 5.71. The molecule has 1 rings (SSSR count). The van der Waals surface area contributed by atoms with Gasteiger partial charge in [-0.15, -0.1) is 0 Å². The van der Waals surface area contributed by atoms with E-state index >= 15 is 0 Å². The van der Waals surface area contributed by atoms with Crippen LogP contribution in [0.4, 0.5) is 5.69 Å². The first-order valence-electron chi connectivity index (χ1n) is 6.33. The van der Waals surface area contributed by atoms with E-state index in [1.807, 2.05) is 0 Å². The minimum Gasteiger partial charge on any atom is -0.382 e. The monoisotopic (exact) mass is 314 g/mol. The van der Waals surface area contributed by atoms with Gasteiger partial charge in [-0.2, -0.15) is 0 Å². The van der Waals surface area contributed by atoms with E-state index in [9.17, 15) is 9.59 Å². The van der Waals surface area contributed by atoms with Crippen molar-refractivity contribution in [1.29, 1.82) is 0 Å². The second-order valence-electron chi connectivity index (χ2n) is 4.49. The Morgan fingerprint density at radius 3 is 2.57 bits per heavy atom. The highest BCUT2D eigenvalue weighted by molar-refractivity contribution is 6.34. The van der Waals surface area contributed by atoms with Crippen LogP contribution >= 0.6 is 11.6 Å². The zero-order chi connectivity index (χ0) is 15.8. The quantitative estimate of drug-likeness (QED) is 0.777. The first kappa shape index (κ1) is 17.4. The van der Waals surface area contributed by atoms with Gasteiger partial charge in [-0.05, 0) is 18.2 Å². The Hall–Kier alpha value is -1.63. The first-order chi connectivity index (χ1) is 9.95. The number of ether oxygens (including phenoxy) is 2. The van der Waals surface area contributed by atoms with Crippen LogP contribution in [0.3, 0.4) is 0 Å². The lowest BCUT2D eigenvalue weighted by Crippen LogP contribution is -2.22. The number of carbonyl (C=O) groups is 2. The maximum absolute atomic E-state index is 11.8. The van der Waals surface area contributed by atoms with Crippen molar-refractivity contribution in [1.82, 2.24) is 4.90 Å². The molecule has 0 aliphatic heterocycles. The topological polar surface area (TPSA) is 67.9 Å². The zero-order valence-electron chi connectivity index (χ0n) is 12.3. The number of rotatable bonds is 7. The molecule has 0 atom stereocenters. The molecule has 116 valence electrons. The highest BCUT2D eigenvalue weighted by Crippen LogP contribution is 2.21. The summed E-state index contributed by atoms with van der Waals surface area (Å²) in [5, 5.41) is 2.93. The van der Waals surface area contributed by atoms with Gasteiger partial charge < -0.3 is 19.7 Å². The van der Waals surface area contributed by atoms with Gasteiger partial charge in [0, 0.05) is 26.9 Å². The van der Waals surface area contributed by atoms with Gasteiger partial charge in [0.2, 0.25) is 5.91 Å². The molecule has 21 heavy (non-hydrogen) atoms. The van der Waals surface area contributed by atoms with Gasteiger partial charge in [-0.25, -0.2) is 0 Å². The molecule has 0 aliphatic rings. The van der Waals surface area contributed by atoms with Crippen LogP contribution in [-0.4, -0.2) is 57.7 Å².